The van der Waals surface area contributed by atoms with Crippen molar-refractivity contribution in [3.8, 4) is 28.3 Å². The van der Waals surface area contributed by atoms with Gasteiger partial charge < -0.3 is 4.74 Å². The van der Waals surface area contributed by atoms with E-state index in [9.17, 15) is 4.39 Å². The van der Waals surface area contributed by atoms with Crippen LogP contribution in [0.3, 0.4) is 0 Å². The third-order valence-electron chi connectivity index (χ3n) is 4.17. The second-order valence-corrected chi connectivity index (χ2v) is 6.68. The summed E-state index contributed by atoms with van der Waals surface area (Å²) in [5.41, 5.74) is 3.51. The van der Waals surface area contributed by atoms with E-state index in [0.29, 0.717) is 27.1 Å². The van der Waals surface area contributed by atoms with Crippen LogP contribution in [0.5, 0.6) is 5.88 Å². The number of nitrogens with zero attached hydrogens (tertiary/aromatic N) is 2. The fourth-order valence-electron chi connectivity index (χ4n) is 2.96. The Labute approximate surface area is 158 Å². The van der Waals surface area contributed by atoms with Gasteiger partial charge in [-0.2, -0.15) is 0 Å². The molecule has 2 heterocycles. The first-order valence-corrected chi connectivity index (χ1v) is 8.81. The van der Waals surface area contributed by atoms with Crippen molar-refractivity contribution < 1.29 is 9.13 Å². The number of methoxy groups -OCH3 is 1. The van der Waals surface area contributed by atoms with Crippen molar-refractivity contribution in [2.75, 3.05) is 7.11 Å². The summed E-state index contributed by atoms with van der Waals surface area (Å²) in [5.74, 6) is 0.166. The molecule has 0 atom stereocenters. The summed E-state index contributed by atoms with van der Waals surface area (Å²) >= 11 is 3.31. The van der Waals surface area contributed by atoms with Crippen LogP contribution in [0.4, 0.5) is 4.39 Å². The van der Waals surface area contributed by atoms with Crippen molar-refractivity contribution in [2.45, 2.75) is 0 Å². The molecule has 26 heavy (non-hydrogen) atoms. The van der Waals surface area contributed by atoms with Gasteiger partial charge in [-0.15, -0.1) is 0 Å². The monoisotopic (exact) mass is 408 g/mol. The maximum Gasteiger partial charge on any atom is 0.222 e. The van der Waals surface area contributed by atoms with E-state index in [-0.39, 0.29) is 5.82 Å². The molecule has 0 aliphatic heterocycles. The number of halogens is 2. The van der Waals surface area contributed by atoms with Crippen molar-refractivity contribution >= 4 is 26.8 Å². The molecule has 0 saturated carbocycles. The van der Waals surface area contributed by atoms with Gasteiger partial charge in [-0.05, 0) is 35.9 Å². The maximum atomic E-state index is 14.7. The van der Waals surface area contributed by atoms with E-state index in [0.717, 1.165) is 16.5 Å². The number of fused-ring (bicyclic) bond motifs is 1. The first-order valence-electron chi connectivity index (χ1n) is 8.02. The smallest absolute Gasteiger partial charge is 0.222 e. The minimum atomic E-state index is -0.329. The Kier molecular flexibility index (Phi) is 4.39. The highest BCUT2D eigenvalue weighted by Gasteiger charge is 2.16. The Morgan fingerprint density at radius 1 is 0.962 bits per heavy atom. The summed E-state index contributed by atoms with van der Waals surface area (Å²) in [4.78, 5) is 8.99. The van der Waals surface area contributed by atoms with Crippen LogP contribution in [-0.4, -0.2) is 17.1 Å². The zero-order chi connectivity index (χ0) is 18.1. The van der Waals surface area contributed by atoms with Crippen LogP contribution >= 0.6 is 15.9 Å². The lowest BCUT2D eigenvalue weighted by atomic mass is 9.97. The number of ether oxygens (including phenoxy) is 1. The molecule has 2 aromatic heterocycles. The molecule has 0 unspecified atom stereocenters. The lowest BCUT2D eigenvalue weighted by Crippen LogP contribution is -1.96. The largest absolute Gasteiger partial charge is 0.481 e. The van der Waals surface area contributed by atoms with Crippen LogP contribution in [0.2, 0.25) is 0 Å². The molecule has 0 N–H and O–H groups in total. The van der Waals surface area contributed by atoms with Crippen molar-refractivity contribution in [3.63, 3.8) is 0 Å². The van der Waals surface area contributed by atoms with Gasteiger partial charge in [0.05, 0.1) is 23.7 Å². The van der Waals surface area contributed by atoms with Crippen LogP contribution in [0.25, 0.3) is 33.3 Å². The molecular formula is C21H14BrFN2O. The van der Waals surface area contributed by atoms with Crippen LogP contribution in [-0.2, 0) is 0 Å². The van der Waals surface area contributed by atoms with Gasteiger partial charge in [0, 0.05) is 21.8 Å². The summed E-state index contributed by atoms with van der Waals surface area (Å²) in [6, 6.07) is 18.5. The van der Waals surface area contributed by atoms with Crippen LogP contribution in [0, 0.1) is 5.82 Å². The fourth-order valence-corrected chi connectivity index (χ4v) is 3.29. The second kappa shape index (κ2) is 6.84. The topological polar surface area (TPSA) is 35.0 Å². The summed E-state index contributed by atoms with van der Waals surface area (Å²) in [6.45, 7) is 0. The number of rotatable bonds is 3. The molecule has 3 nitrogen and oxygen atoms in total. The molecule has 0 aliphatic carbocycles. The molecule has 4 aromatic rings. The predicted octanol–water partition coefficient (Wildman–Crippen LogP) is 5.87. The molecule has 0 spiro atoms. The molecule has 0 saturated heterocycles. The third kappa shape index (κ3) is 2.95. The molecule has 5 heteroatoms. The standard InChI is InChI=1S/C21H14BrFN2O/c1-26-21-17-12-16(13-5-3-2-4-6-13)20(25-19(17)9-10-24-21)15-8-7-14(22)11-18(15)23/h2-12H,1H3. The van der Waals surface area contributed by atoms with E-state index in [1.807, 2.05) is 42.5 Å². The van der Waals surface area contributed by atoms with Gasteiger partial charge in [0.25, 0.3) is 0 Å². The van der Waals surface area contributed by atoms with Gasteiger partial charge in [0.2, 0.25) is 5.88 Å². The molecule has 2 aromatic carbocycles. The minimum Gasteiger partial charge on any atom is -0.481 e. The number of benzene rings is 2. The Morgan fingerprint density at radius 2 is 1.77 bits per heavy atom. The molecule has 0 amide bonds. The number of hydrogen-bond donors (Lipinski definition) is 0. The minimum absolute atomic E-state index is 0.329. The van der Waals surface area contributed by atoms with Gasteiger partial charge in [-0.25, -0.2) is 14.4 Å². The molecule has 0 fully saturated rings. The molecule has 0 radical (unpaired) electrons. The Morgan fingerprint density at radius 3 is 2.50 bits per heavy atom. The SMILES string of the molecule is COc1nccc2nc(-c3ccc(Br)cc3F)c(-c3ccccc3)cc12. The molecular weight excluding hydrogens is 395 g/mol. The highest BCUT2D eigenvalue weighted by Crippen LogP contribution is 2.36. The van der Waals surface area contributed by atoms with E-state index in [1.165, 1.54) is 6.07 Å². The Bertz CT molecular complexity index is 1100. The van der Waals surface area contributed by atoms with Gasteiger partial charge in [0.1, 0.15) is 5.82 Å². The first-order chi connectivity index (χ1) is 12.7. The highest BCUT2D eigenvalue weighted by atomic mass is 79.9. The average Bonchev–Trinajstić information content (AvgIpc) is 2.67. The first kappa shape index (κ1) is 16.7. The Balaban J connectivity index is 2.07. The van der Waals surface area contributed by atoms with E-state index in [1.54, 1.807) is 25.4 Å². The predicted molar refractivity (Wildman–Crippen MR) is 105 cm³/mol. The van der Waals surface area contributed by atoms with Crippen LogP contribution in [0.1, 0.15) is 0 Å². The zero-order valence-electron chi connectivity index (χ0n) is 13.9. The quantitative estimate of drug-likeness (QED) is 0.424. The van der Waals surface area contributed by atoms with Gasteiger partial charge >= 0.3 is 0 Å². The molecule has 0 bridgehead atoms. The molecule has 4 rings (SSSR count). The highest BCUT2D eigenvalue weighted by molar-refractivity contribution is 9.10. The third-order valence-corrected chi connectivity index (χ3v) is 4.66. The second-order valence-electron chi connectivity index (χ2n) is 5.76. The summed E-state index contributed by atoms with van der Waals surface area (Å²) in [6.07, 6.45) is 1.64. The number of hydrogen-bond acceptors (Lipinski definition) is 3. The number of aromatic nitrogens is 2. The summed E-state index contributed by atoms with van der Waals surface area (Å²) in [7, 11) is 1.58. The van der Waals surface area contributed by atoms with Crippen molar-refractivity contribution in [2.24, 2.45) is 0 Å². The normalized spacial score (nSPS) is 10.9. The maximum absolute atomic E-state index is 14.7. The van der Waals surface area contributed by atoms with E-state index in [4.69, 9.17) is 9.72 Å². The van der Waals surface area contributed by atoms with Crippen LogP contribution in [0.15, 0.2) is 71.3 Å². The summed E-state index contributed by atoms with van der Waals surface area (Å²) in [5, 5.41) is 0.787. The van der Waals surface area contributed by atoms with E-state index < -0.39 is 0 Å². The van der Waals surface area contributed by atoms with Crippen molar-refractivity contribution in [1.82, 2.24) is 9.97 Å². The summed E-state index contributed by atoms with van der Waals surface area (Å²) < 4.78 is 20.7. The molecule has 128 valence electrons. The van der Waals surface area contributed by atoms with Crippen molar-refractivity contribution in [3.05, 3.63) is 77.2 Å². The van der Waals surface area contributed by atoms with E-state index >= 15 is 0 Å². The van der Waals surface area contributed by atoms with Gasteiger partial charge in [0.15, 0.2) is 0 Å². The van der Waals surface area contributed by atoms with Gasteiger partial charge in [-0.1, -0.05) is 46.3 Å². The average molecular weight is 409 g/mol. The van der Waals surface area contributed by atoms with Crippen molar-refractivity contribution in [1.29, 1.82) is 0 Å². The van der Waals surface area contributed by atoms with Crippen LogP contribution < -0.4 is 4.74 Å². The zero-order valence-corrected chi connectivity index (χ0v) is 15.5. The lowest BCUT2D eigenvalue weighted by Gasteiger charge is -2.13. The number of pyridine rings is 2. The van der Waals surface area contributed by atoms with Gasteiger partial charge in [-0.3, -0.25) is 0 Å². The fraction of sp³-hybridized carbons (Fsp3) is 0.0476. The lowest BCUT2D eigenvalue weighted by molar-refractivity contribution is 0.403. The Hall–Kier alpha value is -2.79. The molecule has 0 aliphatic rings. The van der Waals surface area contributed by atoms with E-state index in [2.05, 4.69) is 20.9 Å².